The molecule has 40 heavy (non-hydrogen) atoms. The Hall–Kier alpha value is -4.91. The van der Waals surface area contributed by atoms with Crippen LogP contribution in [0.5, 0.6) is 5.75 Å². The van der Waals surface area contributed by atoms with Gasteiger partial charge in [-0.3, -0.25) is 24.0 Å². The number of carbonyl (C=O) groups excluding carboxylic acids is 3. The molecule has 9 N–H and O–H groups in total. The average molecular weight is 554 g/mol. The summed E-state index contributed by atoms with van der Waals surface area (Å²) >= 11 is 0. The number of benzene rings is 2. The number of carboxylic acids is 2. The predicted octanol–water partition coefficient (Wildman–Crippen LogP) is 0.0196. The summed E-state index contributed by atoms with van der Waals surface area (Å²) in [6, 6.07) is 7.92. The molecule has 1 aromatic heterocycles. The van der Waals surface area contributed by atoms with Crippen LogP contribution in [0.3, 0.4) is 0 Å². The smallest absolute Gasteiger partial charge is 0.325 e. The highest BCUT2D eigenvalue weighted by atomic mass is 16.4. The van der Waals surface area contributed by atoms with Crippen LogP contribution in [0, 0.1) is 0 Å². The number of fused-ring (bicyclic) bond motifs is 1. The Bertz CT molecular complexity index is 1390. The number of phenolic OH excluding ortho intramolecular Hbond substituents is 1. The van der Waals surface area contributed by atoms with E-state index in [1.54, 1.807) is 30.5 Å². The van der Waals surface area contributed by atoms with E-state index in [0.29, 0.717) is 11.1 Å². The molecule has 13 heteroatoms. The van der Waals surface area contributed by atoms with Gasteiger partial charge >= 0.3 is 11.9 Å². The number of H-pyrrole nitrogens is 1. The van der Waals surface area contributed by atoms with Crippen LogP contribution in [0.25, 0.3) is 10.9 Å². The largest absolute Gasteiger partial charge is 0.508 e. The van der Waals surface area contributed by atoms with Crippen molar-refractivity contribution in [2.45, 2.75) is 50.4 Å². The van der Waals surface area contributed by atoms with Crippen molar-refractivity contribution >= 4 is 40.6 Å². The molecule has 4 atom stereocenters. The number of para-hydroxylation sites is 1. The van der Waals surface area contributed by atoms with Gasteiger partial charge < -0.3 is 42.0 Å². The zero-order valence-corrected chi connectivity index (χ0v) is 21.6. The van der Waals surface area contributed by atoms with E-state index < -0.39 is 60.2 Å². The molecule has 3 rings (SSSR count). The number of nitrogens with one attached hydrogen (secondary N) is 4. The molecule has 1 heterocycles. The van der Waals surface area contributed by atoms with Gasteiger partial charge in [-0.25, -0.2) is 0 Å². The Morgan fingerprint density at radius 3 is 2.12 bits per heavy atom. The number of rotatable bonds is 13. The maximum Gasteiger partial charge on any atom is 0.325 e. The summed E-state index contributed by atoms with van der Waals surface area (Å²) in [7, 11) is 0. The third kappa shape index (κ3) is 8.04. The van der Waals surface area contributed by atoms with Crippen LogP contribution in [0.2, 0.25) is 0 Å². The van der Waals surface area contributed by atoms with Crippen LogP contribution < -0.4 is 21.7 Å². The minimum absolute atomic E-state index is 0.0314. The molecular formula is C27H31N5O8. The Kier molecular flexibility index (Phi) is 9.81. The van der Waals surface area contributed by atoms with E-state index in [1.165, 1.54) is 19.1 Å². The fourth-order valence-corrected chi connectivity index (χ4v) is 4.02. The number of aromatic nitrogens is 1. The molecule has 2 aromatic carbocycles. The lowest BCUT2D eigenvalue weighted by Crippen LogP contribution is -2.58. The molecule has 0 aliphatic rings. The first kappa shape index (κ1) is 29.6. The van der Waals surface area contributed by atoms with E-state index in [-0.39, 0.29) is 18.6 Å². The molecule has 4 unspecified atom stereocenters. The van der Waals surface area contributed by atoms with E-state index in [9.17, 15) is 39.3 Å². The first-order chi connectivity index (χ1) is 18.9. The molecule has 0 aliphatic heterocycles. The Balaban J connectivity index is 1.78. The van der Waals surface area contributed by atoms with Gasteiger partial charge in [-0.05, 0) is 42.7 Å². The number of carbonyl (C=O) groups is 5. The van der Waals surface area contributed by atoms with E-state index in [2.05, 4.69) is 20.9 Å². The lowest BCUT2D eigenvalue weighted by molar-refractivity contribution is -0.143. The summed E-state index contributed by atoms with van der Waals surface area (Å²) in [5.74, 6) is -5.21. The second-order valence-electron chi connectivity index (χ2n) is 9.33. The molecule has 212 valence electrons. The highest BCUT2D eigenvalue weighted by Crippen LogP contribution is 2.19. The van der Waals surface area contributed by atoms with Crippen LogP contribution >= 0.6 is 0 Å². The number of aliphatic carboxylic acids is 2. The fraction of sp³-hybridized carbons (Fsp3) is 0.296. The molecule has 0 aliphatic carbocycles. The number of aromatic hydroxyl groups is 1. The summed E-state index contributed by atoms with van der Waals surface area (Å²) in [5, 5.41) is 35.9. The van der Waals surface area contributed by atoms with Crippen molar-refractivity contribution < 1.29 is 39.3 Å². The number of hydrogen-bond donors (Lipinski definition) is 8. The third-order valence-corrected chi connectivity index (χ3v) is 6.20. The zero-order valence-electron chi connectivity index (χ0n) is 21.6. The monoisotopic (exact) mass is 553 g/mol. The van der Waals surface area contributed by atoms with Crippen molar-refractivity contribution in [2.75, 3.05) is 0 Å². The summed E-state index contributed by atoms with van der Waals surface area (Å²) in [6.07, 6.45) is 0.848. The Labute approximate surface area is 228 Å². The van der Waals surface area contributed by atoms with Crippen LogP contribution in [-0.2, 0) is 36.8 Å². The Morgan fingerprint density at radius 1 is 0.850 bits per heavy atom. The number of aromatic amines is 1. The molecule has 0 fully saturated rings. The summed E-state index contributed by atoms with van der Waals surface area (Å²) in [6.45, 7) is 1.26. The molecule has 0 saturated heterocycles. The topological polar surface area (TPSA) is 224 Å². The van der Waals surface area contributed by atoms with Gasteiger partial charge in [0.1, 0.15) is 23.9 Å². The fourth-order valence-electron chi connectivity index (χ4n) is 4.02. The van der Waals surface area contributed by atoms with Crippen LogP contribution in [-0.4, -0.2) is 74.1 Å². The van der Waals surface area contributed by atoms with Crippen molar-refractivity contribution in [3.05, 3.63) is 65.9 Å². The quantitative estimate of drug-likeness (QED) is 0.143. The second kappa shape index (κ2) is 13.2. The Morgan fingerprint density at radius 2 is 1.48 bits per heavy atom. The van der Waals surface area contributed by atoms with Crippen molar-refractivity contribution in [3.8, 4) is 5.75 Å². The standard InChI is InChI=1S/C27H31N5O8/c1-14(27(39)40)30-25(37)21(11-16-13-29-20-5-3-2-4-18(16)20)32-26(38)22(12-23(34)35)31-24(36)19(28)10-15-6-8-17(33)9-7-15/h2-9,13-14,19,21-22,29,33H,10-12,28H2,1H3,(H,30,37)(H,31,36)(H,32,38)(H,34,35)(H,39,40). The van der Waals surface area contributed by atoms with Crippen molar-refractivity contribution in [1.29, 1.82) is 0 Å². The first-order valence-electron chi connectivity index (χ1n) is 12.4. The summed E-state index contributed by atoms with van der Waals surface area (Å²) < 4.78 is 0. The maximum absolute atomic E-state index is 13.2. The zero-order chi connectivity index (χ0) is 29.4. The normalized spacial score (nSPS) is 13.9. The predicted molar refractivity (Wildman–Crippen MR) is 143 cm³/mol. The van der Waals surface area contributed by atoms with Gasteiger partial charge in [0.2, 0.25) is 17.7 Å². The molecule has 3 aromatic rings. The van der Waals surface area contributed by atoms with Gasteiger partial charge in [0.05, 0.1) is 12.5 Å². The number of hydrogen-bond acceptors (Lipinski definition) is 7. The number of carboxylic acid groups (broad SMARTS) is 2. The van der Waals surface area contributed by atoms with E-state index in [4.69, 9.17) is 5.73 Å². The summed E-state index contributed by atoms with van der Waals surface area (Å²) in [5.41, 5.74) is 8.02. The maximum atomic E-state index is 13.2. The van der Waals surface area contributed by atoms with Crippen molar-refractivity contribution in [1.82, 2.24) is 20.9 Å². The van der Waals surface area contributed by atoms with Gasteiger partial charge in [0.25, 0.3) is 0 Å². The molecule has 3 amide bonds. The molecule has 13 nitrogen and oxygen atoms in total. The van der Waals surface area contributed by atoms with Gasteiger partial charge in [-0.1, -0.05) is 30.3 Å². The SMILES string of the molecule is CC(NC(=O)C(Cc1c[nH]c2ccccc12)NC(=O)C(CC(=O)O)NC(=O)C(N)Cc1ccc(O)cc1)C(=O)O. The summed E-state index contributed by atoms with van der Waals surface area (Å²) in [4.78, 5) is 64.8. The van der Waals surface area contributed by atoms with Gasteiger partial charge in [-0.15, -0.1) is 0 Å². The number of nitrogens with two attached hydrogens (primary N) is 1. The van der Waals surface area contributed by atoms with Crippen molar-refractivity contribution in [2.24, 2.45) is 5.73 Å². The van der Waals surface area contributed by atoms with Crippen LogP contribution in [0.1, 0.15) is 24.5 Å². The molecule has 0 radical (unpaired) electrons. The van der Waals surface area contributed by atoms with E-state index >= 15 is 0 Å². The van der Waals surface area contributed by atoms with Gasteiger partial charge in [0.15, 0.2) is 0 Å². The third-order valence-electron chi connectivity index (χ3n) is 6.20. The highest BCUT2D eigenvalue weighted by molar-refractivity contribution is 5.96. The minimum atomic E-state index is -1.58. The molecule has 0 bridgehead atoms. The van der Waals surface area contributed by atoms with Gasteiger partial charge in [0, 0.05) is 23.5 Å². The lowest BCUT2D eigenvalue weighted by Gasteiger charge is -2.24. The first-order valence-corrected chi connectivity index (χ1v) is 12.4. The average Bonchev–Trinajstić information content (AvgIpc) is 3.31. The van der Waals surface area contributed by atoms with Gasteiger partial charge in [-0.2, -0.15) is 0 Å². The molecule has 0 saturated carbocycles. The van der Waals surface area contributed by atoms with E-state index in [0.717, 1.165) is 10.9 Å². The molecule has 0 spiro atoms. The van der Waals surface area contributed by atoms with Crippen LogP contribution in [0.15, 0.2) is 54.7 Å². The lowest BCUT2D eigenvalue weighted by atomic mass is 10.0. The molecular weight excluding hydrogens is 522 g/mol. The second-order valence-corrected chi connectivity index (χ2v) is 9.33. The number of amides is 3. The minimum Gasteiger partial charge on any atom is -0.508 e. The highest BCUT2D eigenvalue weighted by Gasteiger charge is 2.31. The van der Waals surface area contributed by atoms with E-state index in [1.807, 2.05) is 12.1 Å². The van der Waals surface area contributed by atoms with Crippen LogP contribution in [0.4, 0.5) is 0 Å². The van der Waals surface area contributed by atoms with Crippen molar-refractivity contribution in [3.63, 3.8) is 0 Å². The number of phenols is 1.